The maximum Gasteiger partial charge on any atom is 0.291 e. The quantitative estimate of drug-likeness (QED) is 0.667. The Bertz CT molecular complexity index is 1210. The molecule has 2 aromatic carbocycles. The number of hydrogen-bond acceptors (Lipinski definition) is 4. The van der Waals surface area contributed by atoms with Crippen LogP contribution in [0.2, 0.25) is 10.0 Å². The van der Waals surface area contributed by atoms with Crippen molar-refractivity contribution in [2.24, 2.45) is 0 Å². The number of rotatable bonds is 5. The van der Waals surface area contributed by atoms with Gasteiger partial charge in [0, 0.05) is 12.5 Å². The van der Waals surface area contributed by atoms with E-state index in [0.29, 0.717) is 12.2 Å². The lowest BCUT2D eigenvalue weighted by atomic mass is 9.78. The van der Waals surface area contributed by atoms with E-state index in [2.05, 4.69) is 15.9 Å². The normalized spacial score (nSPS) is 15.7. The molecule has 0 spiro atoms. The van der Waals surface area contributed by atoms with Gasteiger partial charge in [-0.2, -0.15) is 9.78 Å². The Morgan fingerprint density at radius 2 is 1.82 bits per heavy atom. The van der Waals surface area contributed by atoms with E-state index in [9.17, 15) is 13.2 Å². The van der Waals surface area contributed by atoms with Crippen LogP contribution in [0.25, 0.3) is 5.69 Å². The molecule has 0 saturated carbocycles. The number of sulfonamides is 1. The highest BCUT2D eigenvalue weighted by Gasteiger charge is 2.27. The van der Waals surface area contributed by atoms with E-state index in [1.807, 2.05) is 18.2 Å². The molecule has 144 valence electrons. The first kappa shape index (κ1) is 19.1. The molecule has 1 N–H and O–H groups in total. The van der Waals surface area contributed by atoms with Crippen LogP contribution in [0.5, 0.6) is 0 Å². The summed E-state index contributed by atoms with van der Waals surface area (Å²) >= 11 is 11.6. The molecule has 1 aliphatic rings. The standard InChI is InChI=1S/C19H15Cl2N3O3S/c20-17-11-22-24(19(25)18(17)21)14-5-7-15(8-6-14)28(26,27)23-10-13-9-12-3-1-2-4-16(12)13/h1-8,11,13,23H,9-10H2. The van der Waals surface area contributed by atoms with E-state index < -0.39 is 15.6 Å². The van der Waals surface area contributed by atoms with E-state index in [0.717, 1.165) is 11.1 Å². The van der Waals surface area contributed by atoms with Crippen LogP contribution in [-0.2, 0) is 16.4 Å². The van der Waals surface area contributed by atoms with Gasteiger partial charge in [-0.25, -0.2) is 13.1 Å². The summed E-state index contributed by atoms with van der Waals surface area (Å²) in [4.78, 5) is 12.3. The number of benzene rings is 2. The third-order valence-corrected chi connectivity index (χ3v) is 6.94. The van der Waals surface area contributed by atoms with Crippen molar-refractivity contribution in [3.05, 3.63) is 86.3 Å². The van der Waals surface area contributed by atoms with Gasteiger partial charge in [-0.05, 0) is 41.8 Å². The summed E-state index contributed by atoms with van der Waals surface area (Å²) in [5, 5.41) is 3.84. The van der Waals surface area contributed by atoms with E-state index in [1.165, 1.54) is 41.6 Å². The second-order valence-electron chi connectivity index (χ2n) is 6.47. The van der Waals surface area contributed by atoms with Gasteiger partial charge < -0.3 is 0 Å². The zero-order valence-electron chi connectivity index (χ0n) is 14.5. The zero-order valence-corrected chi connectivity index (χ0v) is 16.8. The fourth-order valence-corrected chi connectivity index (χ4v) is 4.54. The molecule has 1 aliphatic carbocycles. The molecule has 0 bridgehead atoms. The topological polar surface area (TPSA) is 81.1 Å². The molecule has 1 unspecified atom stereocenters. The number of hydrogen-bond donors (Lipinski definition) is 1. The van der Waals surface area contributed by atoms with Crippen LogP contribution in [-0.4, -0.2) is 24.7 Å². The Labute approximate surface area is 171 Å². The summed E-state index contributed by atoms with van der Waals surface area (Å²) in [5.41, 5.74) is 2.25. The van der Waals surface area contributed by atoms with Gasteiger partial charge in [0.2, 0.25) is 10.0 Å². The van der Waals surface area contributed by atoms with Crippen molar-refractivity contribution in [3.8, 4) is 5.69 Å². The van der Waals surface area contributed by atoms with Crippen molar-refractivity contribution < 1.29 is 8.42 Å². The molecule has 9 heteroatoms. The highest BCUT2D eigenvalue weighted by atomic mass is 35.5. The fourth-order valence-electron chi connectivity index (χ4n) is 3.20. The highest BCUT2D eigenvalue weighted by Crippen LogP contribution is 2.34. The number of halogens is 2. The first-order valence-corrected chi connectivity index (χ1v) is 10.7. The molecule has 3 aromatic rings. The lowest BCUT2D eigenvalue weighted by Crippen LogP contribution is -2.33. The number of nitrogens with zero attached hydrogens (tertiary/aromatic N) is 2. The first-order valence-electron chi connectivity index (χ1n) is 8.48. The van der Waals surface area contributed by atoms with Gasteiger partial charge in [0.1, 0.15) is 5.02 Å². The zero-order chi connectivity index (χ0) is 19.9. The van der Waals surface area contributed by atoms with Crippen molar-refractivity contribution in [3.63, 3.8) is 0 Å². The Morgan fingerprint density at radius 3 is 2.54 bits per heavy atom. The molecule has 6 nitrogen and oxygen atoms in total. The third-order valence-electron chi connectivity index (χ3n) is 4.75. The van der Waals surface area contributed by atoms with Crippen LogP contribution >= 0.6 is 23.2 Å². The van der Waals surface area contributed by atoms with Crippen LogP contribution in [0.15, 0.2) is 64.4 Å². The second-order valence-corrected chi connectivity index (χ2v) is 9.02. The third kappa shape index (κ3) is 3.46. The minimum Gasteiger partial charge on any atom is -0.266 e. The molecule has 1 aromatic heterocycles. The van der Waals surface area contributed by atoms with Crippen molar-refractivity contribution in [2.75, 3.05) is 6.54 Å². The van der Waals surface area contributed by atoms with E-state index in [4.69, 9.17) is 23.2 Å². The molecule has 1 atom stereocenters. The predicted molar refractivity (Wildman–Crippen MR) is 108 cm³/mol. The minimum absolute atomic E-state index is 0.0592. The maximum atomic E-state index is 12.6. The van der Waals surface area contributed by atoms with Gasteiger partial charge in [0.25, 0.3) is 5.56 Å². The second kappa shape index (κ2) is 7.33. The summed E-state index contributed by atoms with van der Waals surface area (Å²) in [6.07, 6.45) is 2.12. The van der Waals surface area contributed by atoms with Crippen molar-refractivity contribution in [1.82, 2.24) is 14.5 Å². The molecule has 1 heterocycles. The Kier molecular flexibility index (Phi) is 5.01. The molecule has 0 amide bonds. The highest BCUT2D eigenvalue weighted by molar-refractivity contribution is 7.89. The average Bonchev–Trinajstić information content (AvgIpc) is 2.67. The van der Waals surface area contributed by atoms with Gasteiger partial charge in [0.15, 0.2) is 0 Å². The summed E-state index contributed by atoms with van der Waals surface area (Å²) in [6.45, 7) is 0.342. The van der Waals surface area contributed by atoms with Gasteiger partial charge >= 0.3 is 0 Å². The molecule has 4 rings (SSSR count). The summed E-state index contributed by atoms with van der Waals surface area (Å²) in [6, 6.07) is 13.8. The van der Waals surface area contributed by atoms with E-state index in [-0.39, 0.29) is 20.9 Å². The SMILES string of the molecule is O=c1c(Cl)c(Cl)cnn1-c1ccc(S(=O)(=O)NCC2Cc3ccccc32)cc1. The largest absolute Gasteiger partial charge is 0.291 e. The minimum atomic E-state index is -3.66. The van der Waals surface area contributed by atoms with Crippen LogP contribution < -0.4 is 10.3 Å². The summed E-state index contributed by atoms with van der Waals surface area (Å²) in [5.74, 6) is 0.184. The van der Waals surface area contributed by atoms with Crippen LogP contribution in [0.1, 0.15) is 17.0 Å². The molecular weight excluding hydrogens is 421 g/mol. The fraction of sp³-hybridized carbons (Fsp3) is 0.158. The van der Waals surface area contributed by atoms with Crippen LogP contribution in [0.4, 0.5) is 0 Å². The molecule has 0 fully saturated rings. The molecule has 0 saturated heterocycles. The Balaban J connectivity index is 1.50. The van der Waals surface area contributed by atoms with Gasteiger partial charge in [-0.1, -0.05) is 47.5 Å². The van der Waals surface area contributed by atoms with Gasteiger partial charge in [0.05, 0.1) is 21.8 Å². The number of aromatic nitrogens is 2. The predicted octanol–water partition coefficient (Wildman–Crippen LogP) is 3.16. The van der Waals surface area contributed by atoms with E-state index >= 15 is 0 Å². The van der Waals surface area contributed by atoms with E-state index in [1.54, 1.807) is 0 Å². The molecule has 0 radical (unpaired) electrons. The van der Waals surface area contributed by atoms with Gasteiger partial charge in [-0.3, -0.25) is 4.79 Å². The first-order chi connectivity index (χ1) is 13.4. The molecule has 0 aliphatic heterocycles. The monoisotopic (exact) mass is 435 g/mol. The van der Waals surface area contributed by atoms with Crippen molar-refractivity contribution >= 4 is 33.2 Å². The van der Waals surface area contributed by atoms with Crippen LogP contribution in [0, 0.1) is 0 Å². The molecule has 28 heavy (non-hydrogen) atoms. The Morgan fingerprint density at radius 1 is 1.11 bits per heavy atom. The van der Waals surface area contributed by atoms with Crippen molar-refractivity contribution in [1.29, 1.82) is 0 Å². The summed E-state index contributed by atoms with van der Waals surface area (Å²) < 4.78 is 28.9. The molecular formula is C19H15Cl2N3O3S. The lowest BCUT2D eigenvalue weighted by molar-refractivity contribution is 0.552. The Hall–Kier alpha value is -2.19. The smallest absolute Gasteiger partial charge is 0.266 e. The summed E-state index contributed by atoms with van der Waals surface area (Å²) in [7, 11) is -3.66. The number of fused-ring (bicyclic) bond motifs is 1. The van der Waals surface area contributed by atoms with Crippen molar-refractivity contribution in [2.45, 2.75) is 17.2 Å². The average molecular weight is 436 g/mol. The maximum absolute atomic E-state index is 12.6. The van der Waals surface area contributed by atoms with Crippen LogP contribution in [0.3, 0.4) is 0 Å². The number of nitrogens with one attached hydrogen (secondary N) is 1. The lowest BCUT2D eigenvalue weighted by Gasteiger charge is -2.30. The van der Waals surface area contributed by atoms with Gasteiger partial charge in [-0.15, -0.1) is 0 Å².